The maximum absolute atomic E-state index is 13.6. The van der Waals surface area contributed by atoms with Gasteiger partial charge in [-0.05, 0) is 30.9 Å². The van der Waals surface area contributed by atoms with Crippen molar-refractivity contribution in [3.8, 4) is 0 Å². The number of aliphatic hydroxyl groups is 1. The number of aliphatic hydroxyl groups excluding tert-OH is 1. The molecule has 0 aromatic heterocycles. The zero-order valence-electron chi connectivity index (χ0n) is 10.6. The molecule has 2 unspecified atom stereocenters. The zero-order valence-corrected chi connectivity index (χ0v) is 11.5. The van der Waals surface area contributed by atoms with Crippen LogP contribution >= 0.6 is 0 Å². The van der Waals surface area contributed by atoms with Gasteiger partial charge in [0.25, 0.3) is 0 Å². The van der Waals surface area contributed by atoms with Gasteiger partial charge in [-0.25, -0.2) is 21.9 Å². The molecule has 8 heteroatoms. The van der Waals surface area contributed by atoms with Crippen LogP contribution in [0, 0.1) is 17.6 Å². The van der Waals surface area contributed by atoms with E-state index in [2.05, 4.69) is 4.72 Å². The minimum absolute atomic E-state index is 0.0489. The van der Waals surface area contributed by atoms with Crippen molar-refractivity contribution in [2.45, 2.75) is 30.3 Å². The quantitative estimate of drug-likeness (QED) is 0.723. The van der Waals surface area contributed by atoms with Gasteiger partial charge in [-0.1, -0.05) is 6.42 Å². The first-order valence-electron chi connectivity index (χ1n) is 6.23. The molecule has 2 atom stereocenters. The monoisotopic (exact) mass is 306 g/mol. The maximum Gasteiger partial charge on any atom is 0.246 e. The Hall–Kier alpha value is -1.25. The molecule has 20 heavy (non-hydrogen) atoms. The molecule has 5 nitrogen and oxygen atoms in total. The topological polar surface area (TPSA) is 92.4 Å². The van der Waals surface area contributed by atoms with E-state index in [-0.39, 0.29) is 18.2 Å². The summed E-state index contributed by atoms with van der Waals surface area (Å²) < 4.78 is 53.2. The highest BCUT2D eigenvalue weighted by Crippen LogP contribution is 2.26. The van der Waals surface area contributed by atoms with Crippen molar-refractivity contribution in [2.75, 3.05) is 12.3 Å². The second kappa shape index (κ2) is 5.63. The molecular weight excluding hydrogens is 290 g/mol. The van der Waals surface area contributed by atoms with Gasteiger partial charge in [-0.15, -0.1) is 0 Å². The minimum atomic E-state index is -4.32. The lowest BCUT2D eigenvalue weighted by Crippen LogP contribution is -2.33. The third-order valence-corrected chi connectivity index (χ3v) is 4.92. The first kappa shape index (κ1) is 15.1. The summed E-state index contributed by atoms with van der Waals surface area (Å²) in [5, 5.41) is 9.60. The van der Waals surface area contributed by atoms with Crippen molar-refractivity contribution < 1.29 is 22.3 Å². The molecule has 0 saturated heterocycles. The van der Waals surface area contributed by atoms with Gasteiger partial charge in [0.05, 0.1) is 6.10 Å². The van der Waals surface area contributed by atoms with Gasteiger partial charge in [-0.2, -0.15) is 0 Å². The van der Waals surface area contributed by atoms with Gasteiger partial charge < -0.3 is 10.8 Å². The van der Waals surface area contributed by atoms with Crippen LogP contribution in [0.15, 0.2) is 17.0 Å². The van der Waals surface area contributed by atoms with Gasteiger partial charge in [0.15, 0.2) is 4.90 Å². The van der Waals surface area contributed by atoms with Crippen LogP contribution in [0.4, 0.5) is 14.5 Å². The molecule has 112 valence electrons. The third-order valence-electron chi connectivity index (χ3n) is 3.44. The van der Waals surface area contributed by atoms with Gasteiger partial charge >= 0.3 is 0 Å². The van der Waals surface area contributed by atoms with Gasteiger partial charge in [0, 0.05) is 12.2 Å². The minimum Gasteiger partial charge on any atom is -0.399 e. The summed E-state index contributed by atoms with van der Waals surface area (Å²) in [6, 6.07) is 1.50. The van der Waals surface area contributed by atoms with Gasteiger partial charge in [0.2, 0.25) is 10.0 Å². The van der Waals surface area contributed by atoms with E-state index in [1.54, 1.807) is 0 Å². The number of hydrogen-bond acceptors (Lipinski definition) is 4. The van der Waals surface area contributed by atoms with Crippen molar-refractivity contribution in [3.63, 3.8) is 0 Å². The van der Waals surface area contributed by atoms with E-state index < -0.39 is 32.7 Å². The summed E-state index contributed by atoms with van der Waals surface area (Å²) in [6.45, 7) is -0.0489. The molecule has 0 bridgehead atoms. The van der Waals surface area contributed by atoms with Crippen LogP contribution in [0.1, 0.15) is 19.3 Å². The summed E-state index contributed by atoms with van der Waals surface area (Å²) in [5.41, 5.74) is 5.05. The SMILES string of the molecule is Nc1cc(F)c(S(=O)(=O)NCC2CCCC2O)c(F)c1. The summed E-state index contributed by atoms with van der Waals surface area (Å²) in [4.78, 5) is -1.04. The van der Waals surface area contributed by atoms with Crippen molar-refractivity contribution >= 4 is 15.7 Å². The summed E-state index contributed by atoms with van der Waals surface area (Å²) in [5.74, 6) is -2.70. The molecule has 0 amide bonds. The van der Waals surface area contributed by atoms with E-state index in [1.807, 2.05) is 0 Å². The average Bonchev–Trinajstić information content (AvgIpc) is 2.70. The van der Waals surface area contributed by atoms with E-state index in [0.29, 0.717) is 12.8 Å². The molecule has 4 N–H and O–H groups in total. The normalized spacial score (nSPS) is 23.1. The number of rotatable bonds is 4. The maximum atomic E-state index is 13.6. The van der Waals surface area contributed by atoms with Crippen molar-refractivity contribution in [1.29, 1.82) is 0 Å². The van der Waals surface area contributed by atoms with Crippen LogP contribution in [-0.4, -0.2) is 26.2 Å². The highest BCUT2D eigenvalue weighted by atomic mass is 32.2. The summed E-state index contributed by atoms with van der Waals surface area (Å²) >= 11 is 0. The molecule has 0 heterocycles. The molecule has 1 saturated carbocycles. The standard InChI is InChI=1S/C12H16F2N2O3S/c13-9-4-8(15)5-10(14)12(9)20(18,19)16-6-7-2-1-3-11(7)17/h4-5,7,11,16-17H,1-3,6,15H2. The lowest BCUT2D eigenvalue weighted by molar-refractivity contribution is 0.134. The number of benzene rings is 1. The van der Waals surface area contributed by atoms with Crippen LogP contribution in [0.5, 0.6) is 0 Å². The Morgan fingerprint density at radius 3 is 2.40 bits per heavy atom. The Balaban J connectivity index is 2.18. The Labute approximate surface area is 115 Å². The average molecular weight is 306 g/mol. The van der Waals surface area contributed by atoms with Crippen LogP contribution in [0.3, 0.4) is 0 Å². The lowest BCUT2D eigenvalue weighted by atomic mass is 10.1. The van der Waals surface area contributed by atoms with Crippen LogP contribution < -0.4 is 10.5 Å². The van der Waals surface area contributed by atoms with E-state index in [0.717, 1.165) is 18.6 Å². The fourth-order valence-electron chi connectivity index (χ4n) is 2.38. The lowest BCUT2D eigenvalue weighted by Gasteiger charge is -2.15. The first-order chi connectivity index (χ1) is 9.31. The molecule has 0 aliphatic heterocycles. The smallest absolute Gasteiger partial charge is 0.246 e. The second-order valence-corrected chi connectivity index (χ2v) is 6.63. The van der Waals surface area contributed by atoms with E-state index in [1.165, 1.54) is 0 Å². The molecular formula is C12H16F2N2O3S. The van der Waals surface area contributed by atoms with Crippen molar-refractivity contribution in [1.82, 2.24) is 4.72 Å². The Kier molecular flexibility index (Phi) is 4.26. The fourth-order valence-corrected chi connectivity index (χ4v) is 3.59. The van der Waals surface area contributed by atoms with E-state index in [9.17, 15) is 22.3 Å². The Morgan fingerprint density at radius 2 is 1.90 bits per heavy atom. The number of hydrogen-bond donors (Lipinski definition) is 3. The molecule has 2 rings (SSSR count). The number of halogens is 2. The molecule has 1 aromatic rings. The third kappa shape index (κ3) is 3.08. The van der Waals surface area contributed by atoms with E-state index >= 15 is 0 Å². The Bertz CT molecular complexity index is 584. The highest BCUT2D eigenvalue weighted by Gasteiger charge is 2.29. The van der Waals surface area contributed by atoms with Crippen LogP contribution in [0.25, 0.3) is 0 Å². The van der Waals surface area contributed by atoms with Gasteiger partial charge in [0.1, 0.15) is 11.6 Å². The number of nitrogens with two attached hydrogens (primary N) is 1. The molecule has 1 aliphatic carbocycles. The first-order valence-corrected chi connectivity index (χ1v) is 7.72. The highest BCUT2D eigenvalue weighted by molar-refractivity contribution is 7.89. The molecule has 1 aliphatic rings. The van der Waals surface area contributed by atoms with Crippen molar-refractivity contribution in [3.05, 3.63) is 23.8 Å². The van der Waals surface area contributed by atoms with Crippen LogP contribution in [0.2, 0.25) is 0 Å². The summed E-state index contributed by atoms with van der Waals surface area (Å²) in [7, 11) is -4.32. The number of sulfonamides is 1. The number of nitrogen functional groups attached to an aromatic ring is 1. The zero-order chi connectivity index (χ0) is 14.9. The second-order valence-electron chi connectivity index (χ2n) is 4.92. The van der Waals surface area contributed by atoms with E-state index in [4.69, 9.17) is 5.73 Å². The number of nitrogens with one attached hydrogen (secondary N) is 1. The summed E-state index contributed by atoms with van der Waals surface area (Å²) in [6.07, 6.45) is 1.50. The van der Waals surface area contributed by atoms with Gasteiger partial charge in [-0.3, -0.25) is 0 Å². The predicted molar refractivity (Wildman–Crippen MR) is 69.3 cm³/mol. The largest absolute Gasteiger partial charge is 0.399 e. The predicted octanol–water partition coefficient (Wildman–Crippen LogP) is 0.986. The molecule has 0 radical (unpaired) electrons. The fraction of sp³-hybridized carbons (Fsp3) is 0.500. The number of anilines is 1. The molecule has 1 fully saturated rings. The molecule has 1 aromatic carbocycles. The van der Waals surface area contributed by atoms with Crippen molar-refractivity contribution in [2.24, 2.45) is 5.92 Å². The van der Waals surface area contributed by atoms with Crippen LogP contribution in [-0.2, 0) is 10.0 Å². The Morgan fingerprint density at radius 1 is 1.30 bits per heavy atom. The molecule has 0 spiro atoms.